The average Bonchev–Trinajstić information content (AvgIpc) is 3.17. The first-order valence-corrected chi connectivity index (χ1v) is 9.40. The molecular weight excluding hydrogens is 340 g/mol. The molecule has 6 nitrogen and oxygen atoms in total. The summed E-state index contributed by atoms with van der Waals surface area (Å²) in [6.07, 6.45) is 5.15. The summed E-state index contributed by atoms with van der Waals surface area (Å²) >= 11 is 0. The van der Waals surface area contributed by atoms with Gasteiger partial charge in [-0.3, -0.25) is 9.78 Å². The molecule has 0 bridgehead atoms. The monoisotopic (exact) mass is 364 g/mol. The van der Waals surface area contributed by atoms with Gasteiger partial charge in [0.05, 0.1) is 6.04 Å². The quantitative estimate of drug-likeness (QED) is 0.707. The molecule has 4 rings (SSSR count). The van der Waals surface area contributed by atoms with Gasteiger partial charge in [-0.15, -0.1) is 0 Å². The van der Waals surface area contributed by atoms with Crippen LogP contribution in [-0.4, -0.2) is 40.9 Å². The largest absolute Gasteiger partial charge is 0.423 e. The molecule has 27 heavy (non-hydrogen) atoms. The third-order valence-corrected chi connectivity index (χ3v) is 5.51. The third-order valence-electron chi connectivity index (χ3n) is 5.51. The van der Waals surface area contributed by atoms with E-state index in [0.717, 1.165) is 42.6 Å². The van der Waals surface area contributed by atoms with E-state index in [-0.39, 0.29) is 17.9 Å². The van der Waals surface area contributed by atoms with Crippen LogP contribution in [0.4, 0.5) is 6.01 Å². The number of carbonyl (C=O) groups excluding carboxylic acids is 1. The molecule has 6 heteroatoms. The number of piperidine rings is 1. The first kappa shape index (κ1) is 17.5. The molecule has 0 saturated carbocycles. The van der Waals surface area contributed by atoms with E-state index in [9.17, 15) is 4.79 Å². The van der Waals surface area contributed by atoms with E-state index in [0.29, 0.717) is 6.01 Å². The fraction of sp³-hybridized carbons (Fsp3) is 0.381. The van der Waals surface area contributed by atoms with Gasteiger partial charge in [0.2, 0.25) is 5.91 Å². The van der Waals surface area contributed by atoms with Crippen molar-refractivity contribution in [3.8, 4) is 0 Å². The smallest absolute Gasteiger partial charge is 0.298 e. The molecule has 0 aliphatic carbocycles. The molecule has 0 radical (unpaired) electrons. The number of pyridine rings is 1. The van der Waals surface area contributed by atoms with Gasteiger partial charge in [0, 0.05) is 38.4 Å². The topological polar surface area (TPSA) is 62.5 Å². The molecular formula is C21H24N4O2. The number of para-hydroxylation sites is 2. The predicted molar refractivity (Wildman–Crippen MR) is 104 cm³/mol. The molecule has 1 aromatic carbocycles. The molecule has 1 amide bonds. The average molecular weight is 364 g/mol. The van der Waals surface area contributed by atoms with E-state index in [1.165, 1.54) is 0 Å². The Balaban J connectivity index is 1.39. The highest BCUT2D eigenvalue weighted by Crippen LogP contribution is 2.28. The Morgan fingerprint density at radius 1 is 1.19 bits per heavy atom. The first-order valence-electron chi connectivity index (χ1n) is 9.40. The third kappa shape index (κ3) is 3.52. The van der Waals surface area contributed by atoms with Gasteiger partial charge in [-0.05, 0) is 49.6 Å². The Kier molecular flexibility index (Phi) is 4.79. The highest BCUT2D eigenvalue weighted by Gasteiger charge is 2.30. The number of hydrogen-bond donors (Lipinski definition) is 0. The molecule has 2 aromatic heterocycles. The van der Waals surface area contributed by atoms with Crippen LogP contribution in [0.2, 0.25) is 0 Å². The van der Waals surface area contributed by atoms with Crippen LogP contribution in [0, 0.1) is 5.92 Å². The van der Waals surface area contributed by atoms with Crippen molar-refractivity contribution in [3.63, 3.8) is 0 Å². The lowest BCUT2D eigenvalue weighted by atomic mass is 9.94. The summed E-state index contributed by atoms with van der Waals surface area (Å²) < 4.78 is 5.86. The van der Waals surface area contributed by atoms with Crippen molar-refractivity contribution in [1.82, 2.24) is 14.9 Å². The van der Waals surface area contributed by atoms with Crippen molar-refractivity contribution >= 4 is 23.0 Å². The Morgan fingerprint density at radius 2 is 1.89 bits per heavy atom. The second-order valence-electron chi connectivity index (χ2n) is 7.13. The Bertz CT molecular complexity index is 883. The first-order chi connectivity index (χ1) is 13.1. The molecule has 0 N–H and O–H groups in total. The molecule has 1 aliphatic rings. The summed E-state index contributed by atoms with van der Waals surface area (Å²) in [7, 11) is 1.89. The molecule has 1 aliphatic heterocycles. The van der Waals surface area contributed by atoms with Gasteiger partial charge in [0.15, 0.2) is 5.58 Å². The van der Waals surface area contributed by atoms with Gasteiger partial charge in [-0.25, -0.2) is 0 Å². The predicted octanol–water partition coefficient (Wildman–Crippen LogP) is 3.66. The van der Waals surface area contributed by atoms with Gasteiger partial charge >= 0.3 is 0 Å². The minimum absolute atomic E-state index is 0.0376. The van der Waals surface area contributed by atoms with Crippen LogP contribution in [0.5, 0.6) is 0 Å². The minimum Gasteiger partial charge on any atom is -0.423 e. The van der Waals surface area contributed by atoms with Crippen molar-refractivity contribution in [2.75, 3.05) is 25.0 Å². The number of aromatic nitrogens is 2. The van der Waals surface area contributed by atoms with Crippen LogP contribution in [0.1, 0.15) is 31.4 Å². The molecule has 3 aromatic rings. The van der Waals surface area contributed by atoms with E-state index >= 15 is 0 Å². The van der Waals surface area contributed by atoms with Crippen molar-refractivity contribution < 1.29 is 9.21 Å². The van der Waals surface area contributed by atoms with E-state index < -0.39 is 0 Å². The zero-order valence-corrected chi connectivity index (χ0v) is 15.7. The van der Waals surface area contributed by atoms with Gasteiger partial charge in [0.1, 0.15) is 5.52 Å². The van der Waals surface area contributed by atoms with Crippen LogP contribution in [-0.2, 0) is 4.79 Å². The molecule has 140 valence electrons. The summed E-state index contributed by atoms with van der Waals surface area (Å²) in [5.74, 6) is 0.247. The Hall–Kier alpha value is -2.89. The van der Waals surface area contributed by atoms with Gasteiger partial charge in [-0.1, -0.05) is 12.1 Å². The van der Waals surface area contributed by atoms with Crippen LogP contribution >= 0.6 is 0 Å². The lowest BCUT2D eigenvalue weighted by molar-refractivity contribution is -0.136. The summed E-state index contributed by atoms with van der Waals surface area (Å²) in [6.45, 7) is 3.61. The fourth-order valence-electron chi connectivity index (χ4n) is 3.66. The maximum absolute atomic E-state index is 12.9. The van der Waals surface area contributed by atoms with Crippen molar-refractivity contribution in [3.05, 3.63) is 54.4 Å². The number of oxazole rings is 1. The summed E-state index contributed by atoms with van der Waals surface area (Å²) in [4.78, 5) is 25.6. The lowest BCUT2D eigenvalue weighted by Crippen LogP contribution is -2.42. The second kappa shape index (κ2) is 7.39. The van der Waals surface area contributed by atoms with Crippen LogP contribution < -0.4 is 4.90 Å². The maximum atomic E-state index is 12.9. The van der Waals surface area contributed by atoms with Crippen LogP contribution in [0.15, 0.2) is 53.2 Å². The van der Waals surface area contributed by atoms with E-state index in [4.69, 9.17) is 4.42 Å². The normalized spacial score (nSPS) is 16.4. The van der Waals surface area contributed by atoms with Gasteiger partial charge in [0.25, 0.3) is 6.01 Å². The van der Waals surface area contributed by atoms with Crippen molar-refractivity contribution in [1.29, 1.82) is 0 Å². The SMILES string of the molecule is CC(c1ccncc1)N(C)C(=O)C1CCN(c2nc3ccccc3o2)CC1. The Morgan fingerprint density at radius 3 is 2.59 bits per heavy atom. The standard InChI is InChI=1S/C21H24N4O2/c1-15(16-7-11-22-12-8-16)24(2)20(26)17-9-13-25(14-10-17)21-23-18-5-3-4-6-19(18)27-21/h3-8,11-12,15,17H,9-10,13-14H2,1-2H3. The van der Waals surface area contributed by atoms with Crippen molar-refractivity contribution in [2.45, 2.75) is 25.8 Å². The van der Waals surface area contributed by atoms with E-state index in [1.54, 1.807) is 12.4 Å². The highest BCUT2D eigenvalue weighted by molar-refractivity contribution is 5.79. The molecule has 1 fully saturated rings. The number of amides is 1. The number of benzene rings is 1. The lowest BCUT2D eigenvalue weighted by Gasteiger charge is -2.34. The molecule has 3 heterocycles. The molecule has 1 saturated heterocycles. The summed E-state index contributed by atoms with van der Waals surface area (Å²) in [5, 5.41) is 0. The van der Waals surface area contributed by atoms with Crippen LogP contribution in [0.3, 0.4) is 0 Å². The number of anilines is 1. The molecule has 1 atom stereocenters. The van der Waals surface area contributed by atoms with E-state index in [2.05, 4.69) is 21.8 Å². The summed E-state index contributed by atoms with van der Waals surface area (Å²) in [6, 6.07) is 12.4. The van der Waals surface area contributed by atoms with Crippen LogP contribution in [0.25, 0.3) is 11.1 Å². The number of hydrogen-bond acceptors (Lipinski definition) is 5. The fourth-order valence-corrected chi connectivity index (χ4v) is 3.66. The number of fused-ring (bicyclic) bond motifs is 1. The highest BCUT2D eigenvalue weighted by atomic mass is 16.4. The number of nitrogens with zero attached hydrogens (tertiary/aromatic N) is 4. The maximum Gasteiger partial charge on any atom is 0.298 e. The van der Waals surface area contributed by atoms with Gasteiger partial charge < -0.3 is 14.2 Å². The minimum atomic E-state index is 0.0376. The van der Waals surface area contributed by atoms with Gasteiger partial charge in [-0.2, -0.15) is 4.98 Å². The number of carbonyl (C=O) groups is 1. The zero-order chi connectivity index (χ0) is 18.8. The summed E-state index contributed by atoms with van der Waals surface area (Å²) in [5.41, 5.74) is 2.78. The molecule has 1 unspecified atom stereocenters. The van der Waals surface area contributed by atoms with Crippen molar-refractivity contribution in [2.24, 2.45) is 5.92 Å². The van der Waals surface area contributed by atoms with E-state index in [1.807, 2.05) is 48.3 Å². The number of rotatable bonds is 4. The second-order valence-corrected chi connectivity index (χ2v) is 7.13. The zero-order valence-electron chi connectivity index (χ0n) is 15.7. The Labute approximate surface area is 158 Å². The molecule has 0 spiro atoms.